The van der Waals surface area contributed by atoms with Crippen molar-refractivity contribution in [1.82, 2.24) is 20.1 Å². The number of piperazine rings is 1. The number of piperidine rings is 1. The zero-order valence-electron chi connectivity index (χ0n) is 18.2. The van der Waals surface area contributed by atoms with Gasteiger partial charge in [0.15, 0.2) is 5.96 Å². The van der Waals surface area contributed by atoms with Crippen molar-refractivity contribution in [2.75, 3.05) is 57.3 Å². The van der Waals surface area contributed by atoms with Crippen LogP contribution in [0.15, 0.2) is 29.4 Å². The molecule has 2 atom stereocenters. The normalized spacial score (nSPS) is 23.3. The molecule has 1 aromatic heterocycles. The number of carbonyl (C=O) groups is 1. The molecule has 0 aliphatic carbocycles. The number of nitrogens with one attached hydrogen (secondary N) is 1. The quantitative estimate of drug-likeness (QED) is 0.606. The van der Waals surface area contributed by atoms with E-state index in [0.717, 1.165) is 57.6 Å². The molecule has 0 radical (unpaired) electrons. The fourth-order valence-electron chi connectivity index (χ4n) is 4.40. The zero-order chi connectivity index (χ0) is 20.6. The Hall–Kier alpha value is -2.31. The van der Waals surface area contributed by atoms with Gasteiger partial charge < -0.3 is 20.0 Å². The lowest BCUT2D eigenvalue weighted by Crippen LogP contribution is -2.49. The van der Waals surface area contributed by atoms with Gasteiger partial charge in [0, 0.05) is 58.4 Å². The molecule has 1 N–H and O–H groups in total. The highest BCUT2D eigenvalue weighted by atomic mass is 16.2. The Bertz CT molecular complexity index is 661. The van der Waals surface area contributed by atoms with Gasteiger partial charge in [0.05, 0.1) is 6.54 Å². The lowest BCUT2D eigenvalue weighted by Gasteiger charge is -2.37. The number of carbonyl (C=O) groups excluding carboxylic acids is 1. The van der Waals surface area contributed by atoms with E-state index in [2.05, 4.69) is 40.9 Å². The summed E-state index contributed by atoms with van der Waals surface area (Å²) in [5, 5.41) is 3.41. The van der Waals surface area contributed by atoms with Crippen LogP contribution < -0.4 is 10.2 Å². The minimum atomic E-state index is 0.200. The molecule has 7 heteroatoms. The van der Waals surface area contributed by atoms with Crippen molar-refractivity contribution in [2.45, 2.75) is 33.6 Å². The summed E-state index contributed by atoms with van der Waals surface area (Å²) in [6.45, 7) is 13.3. The van der Waals surface area contributed by atoms with Gasteiger partial charge in [-0.05, 0) is 37.3 Å². The number of amides is 1. The first-order valence-corrected chi connectivity index (χ1v) is 11.0. The maximum atomic E-state index is 12.6. The Kier molecular flexibility index (Phi) is 7.72. The van der Waals surface area contributed by atoms with Crippen molar-refractivity contribution in [2.24, 2.45) is 16.8 Å². The van der Waals surface area contributed by atoms with E-state index in [4.69, 9.17) is 4.99 Å². The lowest BCUT2D eigenvalue weighted by atomic mass is 9.92. The van der Waals surface area contributed by atoms with Crippen LogP contribution in [-0.2, 0) is 4.79 Å². The number of aliphatic imine (C=N–C) groups is 1. The topological polar surface area (TPSA) is 64.1 Å². The number of nitrogens with zero attached hydrogens (tertiary/aromatic N) is 5. The standard InChI is InChI=1S/C22H36N6O/c1-4-23-22(28-16-18(2)15-19(3)17-28)25-10-8-21(29)27-13-11-26(12-14-27)20-7-5-6-9-24-20/h5-7,9,18-19H,4,8,10-17H2,1-3H3,(H,23,25). The fraction of sp³-hybridized carbons (Fsp3) is 0.682. The maximum Gasteiger partial charge on any atom is 0.224 e. The average molecular weight is 401 g/mol. The summed E-state index contributed by atoms with van der Waals surface area (Å²) >= 11 is 0. The van der Waals surface area contributed by atoms with Gasteiger partial charge in [-0.15, -0.1) is 0 Å². The third-order valence-corrected chi connectivity index (χ3v) is 5.70. The molecule has 2 fully saturated rings. The van der Waals surface area contributed by atoms with Crippen LogP contribution in [0.25, 0.3) is 0 Å². The van der Waals surface area contributed by atoms with Crippen LogP contribution in [0.2, 0.25) is 0 Å². The maximum absolute atomic E-state index is 12.6. The van der Waals surface area contributed by atoms with Gasteiger partial charge in [0.2, 0.25) is 5.91 Å². The van der Waals surface area contributed by atoms with Crippen LogP contribution in [0.1, 0.15) is 33.6 Å². The molecule has 1 aromatic rings. The summed E-state index contributed by atoms with van der Waals surface area (Å²) in [6, 6.07) is 5.96. The third kappa shape index (κ3) is 6.08. The summed E-state index contributed by atoms with van der Waals surface area (Å²) in [5.41, 5.74) is 0. The van der Waals surface area contributed by atoms with Crippen LogP contribution in [0.5, 0.6) is 0 Å². The number of pyridine rings is 1. The first-order chi connectivity index (χ1) is 14.1. The van der Waals surface area contributed by atoms with E-state index in [1.807, 2.05) is 29.3 Å². The Balaban J connectivity index is 1.47. The highest BCUT2D eigenvalue weighted by Crippen LogP contribution is 2.21. The molecule has 0 aromatic carbocycles. The monoisotopic (exact) mass is 400 g/mol. The number of aromatic nitrogens is 1. The predicted molar refractivity (Wildman–Crippen MR) is 118 cm³/mol. The summed E-state index contributed by atoms with van der Waals surface area (Å²) in [5.74, 6) is 3.51. The smallest absolute Gasteiger partial charge is 0.224 e. The molecule has 2 aliphatic heterocycles. The lowest BCUT2D eigenvalue weighted by molar-refractivity contribution is -0.131. The molecule has 29 heavy (non-hydrogen) atoms. The highest BCUT2D eigenvalue weighted by Gasteiger charge is 2.24. The van der Waals surface area contributed by atoms with Gasteiger partial charge in [-0.25, -0.2) is 4.98 Å². The van der Waals surface area contributed by atoms with Crippen LogP contribution in [0, 0.1) is 11.8 Å². The molecule has 160 valence electrons. The van der Waals surface area contributed by atoms with Crippen LogP contribution in [-0.4, -0.2) is 79.0 Å². The first kappa shape index (κ1) is 21.4. The Morgan fingerprint density at radius 2 is 1.86 bits per heavy atom. The summed E-state index contributed by atoms with van der Waals surface area (Å²) in [7, 11) is 0. The number of guanidine groups is 1. The van der Waals surface area contributed by atoms with Gasteiger partial charge >= 0.3 is 0 Å². The van der Waals surface area contributed by atoms with Gasteiger partial charge in [-0.1, -0.05) is 19.9 Å². The summed E-state index contributed by atoms with van der Waals surface area (Å²) in [6.07, 6.45) is 3.56. The Morgan fingerprint density at radius 3 is 2.48 bits per heavy atom. The van der Waals surface area contributed by atoms with Crippen molar-refractivity contribution in [3.63, 3.8) is 0 Å². The van der Waals surface area contributed by atoms with E-state index >= 15 is 0 Å². The van der Waals surface area contributed by atoms with E-state index in [9.17, 15) is 4.79 Å². The second kappa shape index (κ2) is 10.5. The third-order valence-electron chi connectivity index (χ3n) is 5.70. The molecular weight excluding hydrogens is 364 g/mol. The minimum absolute atomic E-state index is 0.200. The molecule has 3 heterocycles. The number of likely N-dealkylation sites (tertiary alicyclic amines) is 1. The molecule has 0 bridgehead atoms. The van der Waals surface area contributed by atoms with Crippen LogP contribution in [0.3, 0.4) is 0 Å². The molecule has 7 nitrogen and oxygen atoms in total. The van der Waals surface area contributed by atoms with E-state index in [1.54, 1.807) is 0 Å². The molecule has 0 saturated carbocycles. The number of hydrogen-bond donors (Lipinski definition) is 1. The predicted octanol–water partition coefficient (Wildman–Crippen LogP) is 2.06. The van der Waals surface area contributed by atoms with Crippen molar-refractivity contribution >= 4 is 17.7 Å². The zero-order valence-corrected chi connectivity index (χ0v) is 18.2. The van der Waals surface area contributed by atoms with E-state index in [-0.39, 0.29) is 5.91 Å². The van der Waals surface area contributed by atoms with Crippen molar-refractivity contribution in [1.29, 1.82) is 0 Å². The summed E-state index contributed by atoms with van der Waals surface area (Å²) in [4.78, 5) is 28.4. The van der Waals surface area contributed by atoms with Crippen LogP contribution in [0.4, 0.5) is 5.82 Å². The highest BCUT2D eigenvalue weighted by molar-refractivity contribution is 5.81. The molecule has 3 rings (SSSR count). The molecular formula is C22H36N6O. The minimum Gasteiger partial charge on any atom is -0.357 e. The number of anilines is 1. The van der Waals surface area contributed by atoms with Gasteiger partial charge in [0.25, 0.3) is 0 Å². The molecule has 2 unspecified atom stereocenters. The van der Waals surface area contributed by atoms with Crippen LogP contribution >= 0.6 is 0 Å². The van der Waals surface area contributed by atoms with Crippen molar-refractivity contribution < 1.29 is 4.79 Å². The van der Waals surface area contributed by atoms with E-state index in [1.165, 1.54) is 6.42 Å². The Labute approximate surface area is 175 Å². The molecule has 1 amide bonds. The fourth-order valence-corrected chi connectivity index (χ4v) is 4.40. The van der Waals surface area contributed by atoms with E-state index in [0.29, 0.717) is 24.8 Å². The number of hydrogen-bond acceptors (Lipinski definition) is 4. The van der Waals surface area contributed by atoms with Gasteiger partial charge in [0.1, 0.15) is 5.82 Å². The van der Waals surface area contributed by atoms with Crippen molar-refractivity contribution in [3.05, 3.63) is 24.4 Å². The second-order valence-electron chi connectivity index (χ2n) is 8.39. The number of rotatable bonds is 5. The second-order valence-corrected chi connectivity index (χ2v) is 8.39. The van der Waals surface area contributed by atoms with Gasteiger partial charge in [-0.2, -0.15) is 0 Å². The summed E-state index contributed by atoms with van der Waals surface area (Å²) < 4.78 is 0. The Morgan fingerprint density at radius 1 is 1.14 bits per heavy atom. The first-order valence-electron chi connectivity index (χ1n) is 11.0. The van der Waals surface area contributed by atoms with Crippen molar-refractivity contribution in [3.8, 4) is 0 Å². The molecule has 0 spiro atoms. The SMILES string of the molecule is CCNC(=NCCC(=O)N1CCN(c2ccccn2)CC1)N1CC(C)CC(C)C1. The van der Waals surface area contributed by atoms with Gasteiger partial charge in [-0.3, -0.25) is 9.79 Å². The molecule has 2 aliphatic rings. The largest absolute Gasteiger partial charge is 0.357 e. The molecule has 2 saturated heterocycles. The van der Waals surface area contributed by atoms with E-state index < -0.39 is 0 Å². The average Bonchev–Trinajstić information content (AvgIpc) is 2.73.